The van der Waals surface area contributed by atoms with Crippen LogP contribution in [-0.4, -0.2) is 18.2 Å². The molecule has 0 atom stereocenters. The van der Waals surface area contributed by atoms with Crippen LogP contribution in [0.15, 0.2) is 36.4 Å². The number of methoxy groups -OCH3 is 1. The van der Waals surface area contributed by atoms with Gasteiger partial charge in [0.15, 0.2) is 0 Å². The molecule has 0 spiro atoms. The van der Waals surface area contributed by atoms with Crippen molar-refractivity contribution in [1.29, 1.82) is 0 Å². The van der Waals surface area contributed by atoms with Gasteiger partial charge in [-0.05, 0) is 41.8 Å². The molecule has 0 aliphatic heterocycles. The molecule has 0 bridgehead atoms. The van der Waals surface area contributed by atoms with E-state index in [1.54, 1.807) is 38.3 Å². The first kappa shape index (κ1) is 13.4. The zero-order valence-electron chi connectivity index (χ0n) is 10.6. The summed E-state index contributed by atoms with van der Waals surface area (Å²) < 4.78 is 5.18. The first-order chi connectivity index (χ1) is 9.04. The molecule has 0 saturated heterocycles. The summed E-state index contributed by atoms with van der Waals surface area (Å²) in [6, 6.07) is 10.6. The van der Waals surface area contributed by atoms with Gasteiger partial charge in [0.05, 0.1) is 17.7 Å². The molecule has 0 fully saturated rings. The predicted octanol–water partition coefficient (Wildman–Crippen LogP) is 4.02. The molecule has 4 heteroatoms. The monoisotopic (exact) mass is 276 g/mol. The number of carbonyl (C=O) groups is 1. The lowest BCUT2D eigenvalue weighted by atomic mass is 9.96. The van der Waals surface area contributed by atoms with Gasteiger partial charge in [-0.1, -0.05) is 29.8 Å². The Morgan fingerprint density at radius 3 is 2.63 bits per heavy atom. The predicted molar refractivity (Wildman–Crippen MR) is 75.1 cm³/mol. The van der Waals surface area contributed by atoms with Crippen molar-refractivity contribution >= 4 is 17.6 Å². The van der Waals surface area contributed by atoms with E-state index in [-0.39, 0.29) is 0 Å². The van der Waals surface area contributed by atoms with Gasteiger partial charge in [0.2, 0.25) is 0 Å². The van der Waals surface area contributed by atoms with Crippen molar-refractivity contribution in [1.82, 2.24) is 0 Å². The summed E-state index contributed by atoms with van der Waals surface area (Å²) >= 11 is 5.99. The van der Waals surface area contributed by atoms with Crippen LogP contribution in [0.3, 0.4) is 0 Å². The molecule has 98 valence electrons. The SMILES string of the molecule is COc1cc(-c2cccc(C(=O)O)c2C)ccc1Cl. The number of halogens is 1. The third kappa shape index (κ3) is 2.56. The van der Waals surface area contributed by atoms with Crippen molar-refractivity contribution in [2.75, 3.05) is 7.11 Å². The Balaban J connectivity index is 2.59. The van der Waals surface area contributed by atoms with E-state index in [4.69, 9.17) is 21.4 Å². The number of ether oxygens (including phenoxy) is 1. The maximum atomic E-state index is 11.1. The average molecular weight is 277 g/mol. The molecule has 2 rings (SSSR count). The van der Waals surface area contributed by atoms with Crippen LogP contribution in [0.4, 0.5) is 0 Å². The number of aromatic carboxylic acids is 1. The van der Waals surface area contributed by atoms with Crippen LogP contribution in [0.2, 0.25) is 5.02 Å². The number of rotatable bonds is 3. The van der Waals surface area contributed by atoms with Crippen LogP contribution in [-0.2, 0) is 0 Å². The molecule has 2 aromatic carbocycles. The highest BCUT2D eigenvalue weighted by molar-refractivity contribution is 6.32. The second-order valence-corrected chi connectivity index (χ2v) is 4.54. The Hall–Kier alpha value is -2.00. The lowest BCUT2D eigenvalue weighted by Crippen LogP contribution is -2.00. The molecule has 0 heterocycles. The topological polar surface area (TPSA) is 46.5 Å². The van der Waals surface area contributed by atoms with Crippen LogP contribution in [0.5, 0.6) is 5.75 Å². The molecule has 3 nitrogen and oxygen atoms in total. The molecule has 1 N–H and O–H groups in total. The fourth-order valence-electron chi connectivity index (χ4n) is 2.01. The van der Waals surface area contributed by atoms with Gasteiger partial charge in [-0.2, -0.15) is 0 Å². The van der Waals surface area contributed by atoms with Crippen LogP contribution >= 0.6 is 11.6 Å². The third-order valence-electron chi connectivity index (χ3n) is 3.03. The van der Waals surface area contributed by atoms with Crippen LogP contribution in [0, 0.1) is 6.92 Å². The molecule has 0 unspecified atom stereocenters. The van der Waals surface area contributed by atoms with Crippen LogP contribution in [0.1, 0.15) is 15.9 Å². The van der Waals surface area contributed by atoms with E-state index in [2.05, 4.69) is 0 Å². The summed E-state index contributed by atoms with van der Waals surface area (Å²) in [7, 11) is 1.55. The van der Waals surface area contributed by atoms with Crippen molar-refractivity contribution in [2.45, 2.75) is 6.92 Å². The van der Waals surface area contributed by atoms with Gasteiger partial charge in [0.25, 0.3) is 0 Å². The van der Waals surface area contributed by atoms with Gasteiger partial charge in [0, 0.05) is 0 Å². The fraction of sp³-hybridized carbons (Fsp3) is 0.133. The third-order valence-corrected chi connectivity index (χ3v) is 3.34. The Morgan fingerprint density at radius 2 is 2.00 bits per heavy atom. The van der Waals surface area contributed by atoms with E-state index in [0.29, 0.717) is 16.3 Å². The molecule has 0 aliphatic rings. The molecule has 2 aromatic rings. The highest BCUT2D eigenvalue weighted by atomic mass is 35.5. The van der Waals surface area contributed by atoms with Gasteiger partial charge in [0.1, 0.15) is 5.75 Å². The van der Waals surface area contributed by atoms with Crippen LogP contribution < -0.4 is 4.74 Å². The van der Waals surface area contributed by atoms with Crippen LogP contribution in [0.25, 0.3) is 11.1 Å². The number of benzene rings is 2. The normalized spacial score (nSPS) is 10.3. The summed E-state index contributed by atoms with van der Waals surface area (Å²) in [6.07, 6.45) is 0. The van der Waals surface area contributed by atoms with Gasteiger partial charge < -0.3 is 9.84 Å². The largest absolute Gasteiger partial charge is 0.495 e. The van der Waals surface area contributed by atoms with Gasteiger partial charge in [-0.15, -0.1) is 0 Å². The number of hydrogen-bond donors (Lipinski definition) is 1. The van der Waals surface area contributed by atoms with Crippen molar-refractivity contribution in [2.24, 2.45) is 0 Å². The minimum atomic E-state index is -0.930. The molecule has 0 saturated carbocycles. The molecular weight excluding hydrogens is 264 g/mol. The standard InChI is InChI=1S/C15H13ClO3/c1-9-11(4-3-5-12(9)15(17)18)10-6-7-13(16)14(8-10)19-2/h3-8H,1-2H3,(H,17,18). The smallest absolute Gasteiger partial charge is 0.335 e. The second kappa shape index (κ2) is 5.33. The Labute approximate surface area is 116 Å². The molecule has 0 radical (unpaired) electrons. The lowest BCUT2D eigenvalue weighted by molar-refractivity contribution is 0.0696. The number of hydrogen-bond acceptors (Lipinski definition) is 2. The highest BCUT2D eigenvalue weighted by Gasteiger charge is 2.12. The van der Waals surface area contributed by atoms with E-state index in [0.717, 1.165) is 16.7 Å². The number of carboxylic acids is 1. The second-order valence-electron chi connectivity index (χ2n) is 4.13. The van der Waals surface area contributed by atoms with Gasteiger partial charge >= 0.3 is 5.97 Å². The van der Waals surface area contributed by atoms with Crippen molar-refractivity contribution < 1.29 is 14.6 Å². The minimum absolute atomic E-state index is 0.298. The van der Waals surface area contributed by atoms with E-state index in [9.17, 15) is 4.79 Å². The molecule has 0 aromatic heterocycles. The quantitative estimate of drug-likeness (QED) is 0.921. The van der Waals surface area contributed by atoms with Crippen molar-refractivity contribution in [3.8, 4) is 16.9 Å². The Kier molecular flexibility index (Phi) is 3.76. The fourth-order valence-corrected chi connectivity index (χ4v) is 2.20. The first-order valence-electron chi connectivity index (χ1n) is 5.71. The summed E-state index contributed by atoms with van der Waals surface area (Å²) in [5.41, 5.74) is 2.75. The van der Waals surface area contributed by atoms with Gasteiger partial charge in [-0.3, -0.25) is 0 Å². The van der Waals surface area contributed by atoms with E-state index >= 15 is 0 Å². The zero-order chi connectivity index (χ0) is 14.0. The lowest BCUT2D eigenvalue weighted by Gasteiger charge is -2.11. The zero-order valence-corrected chi connectivity index (χ0v) is 11.4. The Morgan fingerprint density at radius 1 is 1.26 bits per heavy atom. The molecular formula is C15H13ClO3. The van der Waals surface area contributed by atoms with E-state index < -0.39 is 5.97 Å². The summed E-state index contributed by atoms with van der Waals surface area (Å²) in [6.45, 7) is 1.79. The maximum Gasteiger partial charge on any atom is 0.335 e. The molecule has 19 heavy (non-hydrogen) atoms. The summed E-state index contributed by atoms with van der Waals surface area (Å²) in [5.74, 6) is -0.362. The maximum absolute atomic E-state index is 11.1. The summed E-state index contributed by atoms with van der Waals surface area (Å²) in [4.78, 5) is 11.1. The first-order valence-corrected chi connectivity index (χ1v) is 6.09. The molecule has 0 aliphatic carbocycles. The van der Waals surface area contributed by atoms with Crippen molar-refractivity contribution in [3.63, 3.8) is 0 Å². The summed E-state index contributed by atoms with van der Waals surface area (Å²) in [5, 5.41) is 9.66. The molecule has 0 amide bonds. The van der Waals surface area contributed by atoms with E-state index in [1.165, 1.54) is 0 Å². The average Bonchev–Trinajstić information content (AvgIpc) is 2.39. The number of carboxylic acid groups (broad SMARTS) is 1. The van der Waals surface area contributed by atoms with E-state index in [1.807, 2.05) is 12.1 Å². The Bertz CT molecular complexity index is 635. The minimum Gasteiger partial charge on any atom is -0.495 e. The van der Waals surface area contributed by atoms with Gasteiger partial charge in [-0.25, -0.2) is 4.79 Å². The van der Waals surface area contributed by atoms with Crippen molar-refractivity contribution in [3.05, 3.63) is 52.5 Å². The highest BCUT2D eigenvalue weighted by Crippen LogP contribution is 2.32.